The van der Waals surface area contributed by atoms with E-state index in [0.29, 0.717) is 6.42 Å². The Balaban J connectivity index is 1.78. The second-order valence-electron chi connectivity index (χ2n) is 4.46. The quantitative estimate of drug-likeness (QED) is 0.872. The monoisotopic (exact) mass is 280 g/mol. The van der Waals surface area contributed by atoms with E-state index in [-0.39, 0.29) is 23.6 Å². The van der Waals surface area contributed by atoms with Gasteiger partial charge in [0.15, 0.2) is 9.84 Å². The van der Waals surface area contributed by atoms with Crippen LogP contribution in [0.25, 0.3) is 6.08 Å². The third-order valence-electron chi connectivity index (χ3n) is 2.86. The van der Waals surface area contributed by atoms with Crippen LogP contribution in [-0.2, 0) is 9.84 Å². The van der Waals surface area contributed by atoms with E-state index in [1.165, 1.54) is 6.20 Å². The van der Waals surface area contributed by atoms with Crippen molar-refractivity contribution in [1.29, 1.82) is 0 Å². The predicted octanol–water partition coefficient (Wildman–Crippen LogP) is 1.14. The van der Waals surface area contributed by atoms with Gasteiger partial charge in [-0.3, -0.25) is 0 Å². The number of sulfone groups is 1. The molecule has 5 nitrogen and oxygen atoms in total. The molecule has 2 rings (SSSR count). The van der Waals surface area contributed by atoms with Crippen molar-refractivity contribution in [3.8, 4) is 0 Å². The molecule has 1 atom stereocenters. The van der Waals surface area contributed by atoms with Gasteiger partial charge < -0.3 is 10.6 Å². The number of urea groups is 1. The molecular weight excluding hydrogens is 264 g/mol. The van der Waals surface area contributed by atoms with E-state index in [1.807, 2.05) is 30.3 Å². The minimum Gasteiger partial charge on any atom is -0.334 e. The van der Waals surface area contributed by atoms with Crippen LogP contribution in [0.5, 0.6) is 0 Å². The van der Waals surface area contributed by atoms with E-state index in [0.717, 1.165) is 5.56 Å². The van der Waals surface area contributed by atoms with Gasteiger partial charge in [0.2, 0.25) is 0 Å². The summed E-state index contributed by atoms with van der Waals surface area (Å²) < 4.78 is 22.5. The fourth-order valence-corrected chi connectivity index (χ4v) is 3.59. The number of nitrogens with one attached hydrogen (secondary N) is 2. The summed E-state index contributed by atoms with van der Waals surface area (Å²) in [7, 11) is -2.97. The van der Waals surface area contributed by atoms with Gasteiger partial charge in [-0.1, -0.05) is 30.3 Å². The molecule has 102 valence electrons. The van der Waals surface area contributed by atoms with Crippen molar-refractivity contribution in [2.24, 2.45) is 0 Å². The van der Waals surface area contributed by atoms with Crippen LogP contribution in [0.2, 0.25) is 0 Å². The van der Waals surface area contributed by atoms with Gasteiger partial charge in [0.25, 0.3) is 0 Å². The average Bonchev–Trinajstić information content (AvgIpc) is 2.70. The molecule has 1 fully saturated rings. The van der Waals surface area contributed by atoms with Crippen molar-refractivity contribution >= 4 is 21.9 Å². The number of amides is 2. The molecule has 1 unspecified atom stereocenters. The van der Waals surface area contributed by atoms with Crippen LogP contribution in [0.1, 0.15) is 12.0 Å². The average molecular weight is 280 g/mol. The highest BCUT2D eigenvalue weighted by Crippen LogP contribution is 2.10. The molecule has 2 N–H and O–H groups in total. The van der Waals surface area contributed by atoms with Crippen LogP contribution < -0.4 is 10.6 Å². The Bertz CT molecular complexity index is 567. The smallest absolute Gasteiger partial charge is 0.319 e. The number of hydrogen-bond donors (Lipinski definition) is 2. The summed E-state index contributed by atoms with van der Waals surface area (Å²) in [5.41, 5.74) is 0.978. The molecule has 6 heteroatoms. The third kappa shape index (κ3) is 4.40. The SMILES string of the molecule is O=C(N/C=C/c1ccccc1)NC1CCS(=O)(=O)C1. The van der Waals surface area contributed by atoms with Crippen LogP contribution in [0.3, 0.4) is 0 Å². The van der Waals surface area contributed by atoms with Gasteiger partial charge in [-0.2, -0.15) is 0 Å². The fourth-order valence-electron chi connectivity index (χ4n) is 1.91. The Hall–Kier alpha value is -1.82. The zero-order chi connectivity index (χ0) is 13.7. The molecule has 1 aromatic carbocycles. The van der Waals surface area contributed by atoms with Crippen LogP contribution in [-0.4, -0.2) is 32.0 Å². The Morgan fingerprint density at radius 1 is 1.26 bits per heavy atom. The maximum atomic E-state index is 11.5. The van der Waals surface area contributed by atoms with E-state index >= 15 is 0 Å². The highest BCUT2D eigenvalue weighted by molar-refractivity contribution is 7.91. The van der Waals surface area contributed by atoms with Crippen LogP contribution >= 0.6 is 0 Å². The third-order valence-corrected chi connectivity index (χ3v) is 4.63. The molecule has 0 radical (unpaired) electrons. The zero-order valence-electron chi connectivity index (χ0n) is 10.4. The van der Waals surface area contributed by atoms with Crippen molar-refractivity contribution in [2.45, 2.75) is 12.5 Å². The number of hydrogen-bond acceptors (Lipinski definition) is 3. The Labute approximate surface area is 112 Å². The second kappa shape index (κ2) is 5.88. The standard InChI is InChI=1S/C13H16N2O3S/c16-13(15-12-7-9-19(17,18)10-12)14-8-6-11-4-2-1-3-5-11/h1-6,8,12H,7,9-10H2,(H2,14,15,16)/b8-6+. The van der Waals surface area contributed by atoms with Crippen molar-refractivity contribution in [3.05, 3.63) is 42.1 Å². The molecule has 1 aliphatic rings. The lowest BCUT2D eigenvalue weighted by Crippen LogP contribution is -2.40. The molecule has 1 heterocycles. The molecule has 1 saturated heterocycles. The lowest BCUT2D eigenvalue weighted by molar-refractivity contribution is 0.241. The Morgan fingerprint density at radius 2 is 2.00 bits per heavy atom. The maximum absolute atomic E-state index is 11.5. The highest BCUT2D eigenvalue weighted by atomic mass is 32.2. The number of benzene rings is 1. The molecule has 0 spiro atoms. The van der Waals surface area contributed by atoms with Crippen LogP contribution in [0.15, 0.2) is 36.5 Å². The summed E-state index contributed by atoms with van der Waals surface area (Å²) >= 11 is 0. The van der Waals surface area contributed by atoms with E-state index < -0.39 is 9.84 Å². The number of carbonyl (C=O) groups is 1. The van der Waals surface area contributed by atoms with Gasteiger partial charge in [0, 0.05) is 12.2 Å². The predicted molar refractivity (Wildman–Crippen MR) is 74.2 cm³/mol. The first-order valence-electron chi connectivity index (χ1n) is 6.04. The van der Waals surface area contributed by atoms with Crippen LogP contribution in [0.4, 0.5) is 4.79 Å². The highest BCUT2D eigenvalue weighted by Gasteiger charge is 2.28. The Morgan fingerprint density at radius 3 is 2.63 bits per heavy atom. The lowest BCUT2D eigenvalue weighted by atomic mass is 10.2. The second-order valence-corrected chi connectivity index (χ2v) is 6.69. The molecular formula is C13H16N2O3S. The zero-order valence-corrected chi connectivity index (χ0v) is 11.2. The molecule has 19 heavy (non-hydrogen) atoms. The summed E-state index contributed by atoms with van der Waals surface area (Å²) in [6.45, 7) is 0. The first-order chi connectivity index (χ1) is 9.05. The minimum absolute atomic E-state index is 0.0306. The van der Waals surface area contributed by atoms with Crippen molar-refractivity contribution in [1.82, 2.24) is 10.6 Å². The van der Waals surface area contributed by atoms with Crippen molar-refractivity contribution in [3.63, 3.8) is 0 Å². The number of rotatable bonds is 3. The fraction of sp³-hybridized carbons (Fsp3) is 0.308. The van der Waals surface area contributed by atoms with Gasteiger partial charge in [-0.05, 0) is 18.1 Å². The summed E-state index contributed by atoms with van der Waals surface area (Å²) in [6, 6.07) is 8.90. The maximum Gasteiger partial charge on any atom is 0.319 e. The van der Waals surface area contributed by atoms with Gasteiger partial charge in [-0.25, -0.2) is 13.2 Å². The molecule has 0 aliphatic carbocycles. The summed E-state index contributed by atoms with van der Waals surface area (Å²) in [5.74, 6) is 0.181. The van der Waals surface area contributed by atoms with Gasteiger partial charge >= 0.3 is 6.03 Å². The molecule has 2 amide bonds. The van der Waals surface area contributed by atoms with Gasteiger partial charge in [-0.15, -0.1) is 0 Å². The minimum atomic E-state index is -2.97. The summed E-state index contributed by atoms with van der Waals surface area (Å²) in [6.07, 6.45) is 3.79. The summed E-state index contributed by atoms with van der Waals surface area (Å²) in [4.78, 5) is 11.5. The molecule has 0 bridgehead atoms. The van der Waals surface area contributed by atoms with Gasteiger partial charge in [0.05, 0.1) is 11.5 Å². The van der Waals surface area contributed by atoms with Crippen LogP contribution in [0, 0.1) is 0 Å². The molecule has 0 saturated carbocycles. The van der Waals surface area contributed by atoms with Gasteiger partial charge in [0.1, 0.15) is 0 Å². The van der Waals surface area contributed by atoms with E-state index in [2.05, 4.69) is 10.6 Å². The molecule has 1 aromatic rings. The van der Waals surface area contributed by atoms with E-state index in [1.54, 1.807) is 6.08 Å². The largest absolute Gasteiger partial charge is 0.334 e. The normalized spacial score (nSPS) is 21.4. The summed E-state index contributed by atoms with van der Waals surface area (Å²) in [5, 5.41) is 5.20. The first-order valence-corrected chi connectivity index (χ1v) is 7.86. The molecule has 1 aliphatic heterocycles. The number of carbonyl (C=O) groups excluding carboxylic acids is 1. The van der Waals surface area contributed by atoms with E-state index in [9.17, 15) is 13.2 Å². The first kappa shape index (κ1) is 13.6. The lowest BCUT2D eigenvalue weighted by Gasteiger charge is -2.09. The topological polar surface area (TPSA) is 75.3 Å². The molecule has 0 aromatic heterocycles. The van der Waals surface area contributed by atoms with E-state index in [4.69, 9.17) is 0 Å². The van der Waals surface area contributed by atoms with Crippen molar-refractivity contribution < 1.29 is 13.2 Å². The Kier molecular flexibility index (Phi) is 4.21. The van der Waals surface area contributed by atoms with Crippen molar-refractivity contribution in [2.75, 3.05) is 11.5 Å².